The molecular weight excluding hydrogens is 210 g/mol. The third kappa shape index (κ3) is 8.17. The Kier molecular flexibility index (Phi) is 10.2. The Balaban J connectivity index is 4.34. The number of aliphatic hydroxyl groups is 1. The lowest BCUT2D eigenvalue weighted by Gasteiger charge is -2.20. The van der Waals surface area contributed by atoms with Crippen LogP contribution >= 0.6 is 0 Å². The van der Waals surface area contributed by atoms with E-state index in [1.165, 1.54) is 5.57 Å². The average molecular weight is 239 g/mol. The Morgan fingerprint density at radius 1 is 1.35 bits per heavy atom. The van der Waals surface area contributed by atoms with Gasteiger partial charge in [-0.3, -0.25) is 0 Å². The van der Waals surface area contributed by atoms with Crippen molar-refractivity contribution in [3.05, 3.63) is 23.8 Å². The normalized spacial score (nSPS) is 16.4. The lowest BCUT2D eigenvalue weighted by atomic mass is 9.91. The second-order valence-corrected chi connectivity index (χ2v) is 4.53. The molecule has 0 spiro atoms. The molecule has 0 aliphatic heterocycles. The van der Waals surface area contributed by atoms with Crippen molar-refractivity contribution in [1.82, 2.24) is 5.32 Å². The minimum absolute atomic E-state index is 0.237. The van der Waals surface area contributed by atoms with Crippen molar-refractivity contribution in [2.45, 2.75) is 53.1 Å². The van der Waals surface area contributed by atoms with Crippen LogP contribution in [0.15, 0.2) is 23.8 Å². The molecule has 2 nitrogen and oxygen atoms in total. The van der Waals surface area contributed by atoms with Gasteiger partial charge in [-0.15, -0.1) is 0 Å². The molecule has 0 aromatic heterocycles. The van der Waals surface area contributed by atoms with E-state index in [0.717, 1.165) is 32.4 Å². The van der Waals surface area contributed by atoms with Gasteiger partial charge in [0.25, 0.3) is 0 Å². The van der Waals surface area contributed by atoms with E-state index in [1.807, 2.05) is 13.8 Å². The molecule has 2 N–H and O–H groups in total. The summed E-state index contributed by atoms with van der Waals surface area (Å²) < 4.78 is 0. The van der Waals surface area contributed by atoms with Gasteiger partial charge in [0.2, 0.25) is 0 Å². The third-order valence-corrected chi connectivity index (χ3v) is 2.97. The second-order valence-electron chi connectivity index (χ2n) is 4.53. The molecule has 0 aromatic rings. The Labute approximate surface area is 107 Å². The Hall–Kier alpha value is -0.600. The van der Waals surface area contributed by atoms with E-state index in [0.29, 0.717) is 5.92 Å². The fraction of sp³-hybridized carbons (Fsp3) is 0.733. The molecule has 0 radical (unpaired) electrons. The van der Waals surface area contributed by atoms with Crippen molar-refractivity contribution >= 4 is 0 Å². The molecule has 2 unspecified atom stereocenters. The highest BCUT2D eigenvalue weighted by atomic mass is 16.3. The SMILES string of the molecule is C/C=C\C(=C/CC)CC(CCNCC)C(C)O. The lowest BCUT2D eigenvalue weighted by Crippen LogP contribution is -2.24. The number of allylic oxidation sites excluding steroid dienone is 4. The van der Waals surface area contributed by atoms with Crippen molar-refractivity contribution in [2.75, 3.05) is 13.1 Å². The summed E-state index contributed by atoms with van der Waals surface area (Å²) in [7, 11) is 0. The standard InChI is InChI=1S/C15H29NO/c1-5-8-14(9-6-2)12-15(13(4)17)10-11-16-7-3/h5,8-9,13,15-17H,6-7,10-12H2,1-4H3/b8-5-,14-9+. The third-order valence-electron chi connectivity index (χ3n) is 2.97. The summed E-state index contributed by atoms with van der Waals surface area (Å²) in [5.74, 6) is 0.350. The van der Waals surface area contributed by atoms with Crippen LogP contribution in [0.2, 0.25) is 0 Å². The fourth-order valence-corrected chi connectivity index (χ4v) is 1.98. The Bertz CT molecular complexity index is 231. The van der Waals surface area contributed by atoms with Gasteiger partial charge in [0.1, 0.15) is 0 Å². The minimum atomic E-state index is -0.237. The van der Waals surface area contributed by atoms with Crippen molar-refractivity contribution in [1.29, 1.82) is 0 Å². The first kappa shape index (κ1) is 16.4. The maximum atomic E-state index is 9.82. The lowest BCUT2D eigenvalue weighted by molar-refractivity contribution is 0.120. The van der Waals surface area contributed by atoms with Gasteiger partial charge in [-0.25, -0.2) is 0 Å². The summed E-state index contributed by atoms with van der Waals surface area (Å²) in [4.78, 5) is 0. The predicted molar refractivity (Wildman–Crippen MR) is 76.1 cm³/mol. The van der Waals surface area contributed by atoms with Gasteiger partial charge in [0.05, 0.1) is 6.10 Å². The maximum Gasteiger partial charge on any atom is 0.0543 e. The van der Waals surface area contributed by atoms with Gasteiger partial charge < -0.3 is 10.4 Å². The highest BCUT2D eigenvalue weighted by molar-refractivity contribution is 5.18. The summed E-state index contributed by atoms with van der Waals surface area (Å²) in [6, 6.07) is 0. The van der Waals surface area contributed by atoms with Crippen LogP contribution in [0.25, 0.3) is 0 Å². The molecule has 0 aliphatic carbocycles. The molecule has 17 heavy (non-hydrogen) atoms. The van der Waals surface area contributed by atoms with E-state index in [1.54, 1.807) is 0 Å². The van der Waals surface area contributed by atoms with Gasteiger partial charge in [-0.1, -0.05) is 37.6 Å². The highest BCUT2D eigenvalue weighted by Crippen LogP contribution is 2.20. The molecule has 0 aromatic carbocycles. The van der Waals surface area contributed by atoms with Gasteiger partial charge in [0.15, 0.2) is 0 Å². The molecule has 0 heterocycles. The molecule has 100 valence electrons. The number of hydrogen-bond acceptors (Lipinski definition) is 2. The number of aliphatic hydroxyl groups excluding tert-OH is 1. The van der Waals surface area contributed by atoms with Crippen molar-refractivity contribution < 1.29 is 5.11 Å². The van der Waals surface area contributed by atoms with Gasteiger partial charge in [-0.2, -0.15) is 0 Å². The molecule has 2 heteroatoms. The molecule has 2 atom stereocenters. The average Bonchev–Trinajstić information content (AvgIpc) is 2.28. The van der Waals surface area contributed by atoms with E-state index < -0.39 is 0 Å². The molecule has 0 bridgehead atoms. The molecule has 0 aliphatic rings. The van der Waals surface area contributed by atoms with E-state index in [4.69, 9.17) is 0 Å². The van der Waals surface area contributed by atoms with Gasteiger partial charge >= 0.3 is 0 Å². The topological polar surface area (TPSA) is 32.3 Å². The summed E-state index contributed by atoms with van der Waals surface area (Å²) in [5, 5.41) is 13.1. The van der Waals surface area contributed by atoms with Crippen molar-refractivity contribution in [2.24, 2.45) is 5.92 Å². The predicted octanol–water partition coefficient (Wildman–Crippen LogP) is 3.29. The zero-order valence-electron chi connectivity index (χ0n) is 11.9. The van der Waals surface area contributed by atoms with Crippen LogP contribution in [-0.4, -0.2) is 24.3 Å². The van der Waals surface area contributed by atoms with Crippen molar-refractivity contribution in [3.63, 3.8) is 0 Å². The monoisotopic (exact) mass is 239 g/mol. The quantitative estimate of drug-likeness (QED) is 0.478. The number of nitrogens with one attached hydrogen (secondary N) is 1. The van der Waals surface area contributed by atoms with Crippen molar-refractivity contribution in [3.8, 4) is 0 Å². The summed E-state index contributed by atoms with van der Waals surface area (Å²) in [6.07, 6.45) is 9.31. The van der Waals surface area contributed by atoms with E-state index in [-0.39, 0.29) is 6.10 Å². The van der Waals surface area contributed by atoms with Crippen LogP contribution in [0.5, 0.6) is 0 Å². The first-order valence-electron chi connectivity index (χ1n) is 6.86. The first-order valence-corrected chi connectivity index (χ1v) is 6.86. The Morgan fingerprint density at radius 3 is 2.53 bits per heavy atom. The van der Waals surface area contributed by atoms with Crippen LogP contribution in [0.1, 0.15) is 47.0 Å². The van der Waals surface area contributed by atoms with Gasteiger partial charge in [-0.05, 0) is 52.1 Å². The van der Waals surface area contributed by atoms with Crippen LogP contribution < -0.4 is 5.32 Å². The molecule has 0 amide bonds. The largest absolute Gasteiger partial charge is 0.393 e. The van der Waals surface area contributed by atoms with Crippen LogP contribution in [-0.2, 0) is 0 Å². The smallest absolute Gasteiger partial charge is 0.0543 e. The molecule has 0 saturated heterocycles. The van der Waals surface area contributed by atoms with E-state index in [9.17, 15) is 5.11 Å². The Morgan fingerprint density at radius 2 is 2.06 bits per heavy atom. The zero-order valence-corrected chi connectivity index (χ0v) is 11.9. The number of rotatable bonds is 9. The van der Waals surface area contributed by atoms with Crippen LogP contribution in [0.4, 0.5) is 0 Å². The molecule has 0 rings (SSSR count). The summed E-state index contributed by atoms with van der Waals surface area (Å²) in [6.45, 7) is 10.2. The first-order chi connectivity index (χ1) is 8.15. The fourth-order valence-electron chi connectivity index (χ4n) is 1.98. The summed E-state index contributed by atoms with van der Waals surface area (Å²) >= 11 is 0. The zero-order chi connectivity index (χ0) is 13.1. The summed E-state index contributed by atoms with van der Waals surface area (Å²) in [5.41, 5.74) is 1.34. The van der Waals surface area contributed by atoms with Crippen LogP contribution in [0, 0.1) is 5.92 Å². The van der Waals surface area contributed by atoms with E-state index in [2.05, 4.69) is 37.4 Å². The van der Waals surface area contributed by atoms with Gasteiger partial charge in [0, 0.05) is 0 Å². The molecule has 0 saturated carbocycles. The minimum Gasteiger partial charge on any atom is -0.393 e. The molecular formula is C15H29NO. The van der Waals surface area contributed by atoms with Crippen LogP contribution in [0.3, 0.4) is 0 Å². The van der Waals surface area contributed by atoms with E-state index >= 15 is 0 Å². The maximum absolute atomic E-state index is 9.82. The second kappa shape index (κ2) is 10.5. The highest BCUT2D eigenvalue weighted by Gasteiger charge is 2.15. The number of hydrogen-bond donors (Lipinski definition) is 2. The molecule has 0 fully saturated rings.